The van der Waals surface area contributed by atoms with Gasteiger partial charge in [0.05, 0.1) is 5.25 Å². The van der Waals surface area contributed by atoms with Crippen LogP contribution in [0, 0.1) is 6.92 Å². The molecule has 0 fully saturated rings. The number of aryl methyl sites for hydroxylation is 1. The van der Waals surface area contributed by atoms with Gasteiger partial charge in [-0.3, -0.25) is 4.79 Å². The molecule has 122 valence electrons. The van der Waals surface area contributed by atoms with Crippen molar-refractivity contribution < 1.29 is 18.8 Å². The molecule has 0 radical (unpaired) electrons. The molecule has 0 aliphatic carbocycles. The molecule has 1 aliphatic rings. The minimum Gasteiger partial charge on any atom is -0.486 e. The molecule has 1 atom stereocenters. The molecule has 0 unspecified atom stereocenters. The largest absolute Gasteiger partial charge is 0.486 e. The van der Waals surface area contributed by atoms with E-state index >= 15 is 0 Å². The predicted molar refractivity (Wildman–Crippen MR) is 87.2 cm³/mol. The highest BCUT2D eigenvalue weighted by Crippen LogP contribution is 2.36. The average molecular weight is 334 g/mol. The number of nitrogens with one attached hydrogen (secondary N) is 1. The zero-order chi connectivity index (χ0) is 16.2. The summed E-state index contributed by atoms with van der Waals surface area (Å²) in [6.07, 6.45) is 0.696. The Labute approximate surface area is 138 Å². The van der Waals surface area contributed by atoms with Crippen molar-refractivity contribution in [1.82, 2.24) is 5.16 Å². The smallest absolute Gasteiger partial charge is 0.239 e. The number of carbonyl (C=O) groups excluding carboxylic acids is 1. The molecule has 1 aromatic carbocycles. The summed E-state index contributed by atoms with van der Waals surface area (Å²) in [6, 6.07) is 7.42. The van der Waals surface area contributed by atoms with Gasteiger partial charge in [0.15, 0.2) is 17.3 Å². The Morgan fingerprint density at radius 2 is 2.09 bits per heavy atom. The molecule has 2 aromatic rings. The standard InChI is InChI=1S/C16H18N2O4S/c1-3-14(16(19)17-15-8-10(2)22-18-15)23-11-4-5-12-13(9-11)21-7-6-20-12/h4-5,8-9,14H,3,6-7H2,1-2H3,(H,17,18,19)/t14-/m1/s1. The Morgan fingerprint density at radius 3 is 2.78 bits per heavy atom. The summed E-state index contributed by atoms with van der Waals surface area (Å²) >= 11 is 1.49. The average Bonchev–Trinajstić information content (AvgIpc) is 2.97. The molecule has 7 heteroatoms. The number of fused-ring (bicyclic) bond motifs is 1. The Kier molecular flexibility index (Phi) is 4.76. The quantitative estimate of drug-likeness (QED) is 0.846. The van der Waals surface area contributed by atoms with E-state index in [0.717, 1.165) is 16.4 Å². The number of nitrogens with zero attached hydrogens (tertiary/aromatic N) is 1. The molecular formula is C16H18N2O4S. The Bertz CT molecular complexity index is 701. The molecule has 1 N–H and O–H groups in total. The van der Waals surface area contributed by atoms with Crippen LogP contribution in [0.15, 0.2) is 33.7 Å². The molecule has 2 heterocycles. The summed E-state index contributed by atoms with van der Waals surface area (Å²) in [4.78, 5) is 13.3. The number of rotatable bonds is 5. The number of thioether (sulfide) groups is 1. The van der Waals surface area contributed by atoms with Crippen molar-refractivity contribution >= 4 is 23.5 Å². The van der Waals surface area contributed by atoms with Crippen molar-refractivity contribution in [2.45, 2.75) is 30.4 Å². The Morgan fingerprint density at radius 1 is 1.30 bits per heavy atom. The first-order valence-corrected chi connectivity index (χ1v) is 8.34. The van der Waals surface area contributed by atoms with Crippen LogP contribution in [0.5, 0.6) is 11.5 Å². The van der Waals surface area contributed by atoms with E-state index in [1.165, 1.54) is 11.8 Å². The zero-order valence-electron chi connectivity index (χ0n) is 13.0. The van der Waals surface area contributed by atoms with E-state index in [2.05, 4.69) is 10.5 Å². The molecule has 0 saturated carbocycles. The second-order valence-electron chi connectivity index (χ2n) is 5.13. The first-order valence-electron chi connectivity index (χ1n) is 7.46. The maximum atomic E-state index is 12.4. The van der Waals surface area contributed by atoms with Gasteiger partial charge in [-0.15, -0.1) is 11.8 Å². The normalized spacial score (nSPS) is 14.3. The maximum Gasteiger partial charge on any atom is 0.239 e. The highest BCUT2D eigenvalue weighted by atomic mass is 32.2. The van der Waals surface area contributed by atoms with Crippen LogP contribution in [0.2, 0.25) is 0 Å². The number of aromatic nitrogens is 1. The summed E-state index contributed by atoms with van der Waals surface area (Å²) < 4.78 is 16.0. The van der Waals surface area contributed by atoms with Crippen molar-refractivity contribution in [2.75, 3.05) is 18.5 Å². The SMILES string of the molecule is CC[C@@H](Sc1ccc2c(c1)OCCO2)C(=O)Nc1cc(C)on1. The highest BCUT2D eigenvalue weighted by Gasteiger charge is 2.20. The third-order valence-electron chi connectivity index (χ3n) is 3.33. The van der Waals surface area contributed by atoms with Gasteiger partial charge < -0.3 is 19.3 Å². The summed E-state index contributed by atoms with van der Waals surface area (Å²) in [7, 11) is 0. The lowest BCUT2D eigenvalue weighted by atomic mass is 10.3. The van der Waals surface area contributed by atoms with E-state index in [4.69, 9.17) is 14.0 Å². The van der Waals surface area contributed by atoms with E-state index < -0.39 is 0 Å². The molecule has 0 spiro atoms. The molecule has 1 amide bonds. The topological polar surface area (TPSA) is 73.6 Å². The van der Waals surface area contributed by atoms with Gasteiger partial charge in [0.25, 0.3) is 0 Å². The van der Waals surface area contributed by atoms with Crippen LogP contribution in [0.25, 0.3) is 0 Å². The second-order valence-corrected chi connectivity index (χ2v) is 6.41. The minimum atomic E-state index is -0.227. The fourth-order valence-electron chi connectivity index (χ4n) is 2.22. The molecule has 0 bridgehead atoms. The lowest BCUT2D eigenvalue weighted by Gasteiger charge is -2.19. The van der Waals surface area contributed by atoms with Gasteiger partial charge in [0, 0.05) is 11.0 Å². The van der Waals surface area contributed by atoms with Gasteiger partial charge in [-0.1, -0.05) is 12.1 Å². The Balaban J connectivity index is 1.67. The number of hydrogen-bond donors (Lipinski definition) is 1. The van der Waals surface area contributed by atoms with Gasteiger partial charge >= 0.3 is 0 Å². The summed E-state index contributed by atoms with van der Waals surface area (Å²) in [5.41, 5.74) is 0. The van der Waals surface area contributed by atoms with E-state index in [0.29, 0.717) is 31.2 Å². The fraction of sp³-hybridized carbons (Fsp3) is 0.375. The molecular weight excluding hydrogens is 316 g/mol. The van der Waals surface area contributed by atoms with E-state index in [1.54, 1.807) is 13.0 Å². The summed E-state index contributed by atoms with van der Waals surface area (Å²) in [5.74, 6) is 2.47. The molecule has 1 aliphatic heterocycles. The van der Waals surface area contributed by atoms with Crippen LogP contribution >= 0.6 is 11.8 Å². The number of anilines is 1. The summed E-state index contributed by atoms with van der Waals surface area (Å²) in [6.45, 7) is 4.87. The maximum absolute atomic E-state index is 12.4. The van der Waals surface area contributed by atoms with Crippen molar-refractivity contribution in [3.63, 3.8) is 0 Å². The molecule has 1 aromatic heterocycles. The van der Waals surface area contributed by atoms with Gasteiger partial charge in [-0.05, 0) is 31.5 Å². The first-order chi connectivity index (χ1) is 11.2. The van der Waals surface area contributed by atoms with Gasteiger partial charge in [-0.2, -0.15) is 0 Å². The van der Waals surface area contributed by atoms with Crippen molar-refractivity contribution in [2.24, 2.45) is 0 Å². The van der Waals surface area contributed by atoms with Crippen LogP contribution in [0.3, 0.4) is 0 Å². The number of carbonyl (C=O) groups is 1. The number of hydrogen-bond acceptors (Lipinski definition) is 6. The van der Waals surface area contributed by atoms with Crippen molar-refractivity contribution in [3.8, 4) is 11.5 Å². The zero-order valence-corrected chi connectivity index (χ0v) is 13.8. The van der Waals surface area contributed by atoms with Crippen LogP contribution in [-0.2, 0) is 4.79 Å². The number of ether oxygens (including phenoxy) is 2. The molecule has 23 heavy (non-hydrogen) atoms. The third kappa shape index (κ3) is 3.79. The first kappa shape index (κ1) is 15.7. The number of amides is 1. The van der Waals surface area contributed by atoms with Crippen LogP contribution in [0.4, 0.5) is 5.82 Å². The minimum absolute atomic E-state index is 0.0966. The lowest BCUT2D eigenvalue weighted by Crippen LogP contribution is -2.24. The highest BCUT2D eigenvalue weighted by molar-refractivity contribution is 8.00. The van der Waals surface area contributed by atoms with E-state index in [1.807, 2.05) is 25.1 Å². The van der Waals surface area contributed by atoms with E-state index in [-0.39, 0.29) is 11.2 Å². The second kappa shape index (κ2) is 6.95. The summed E-state index contributed by atoms with van der Waals surface area (Å²) in [5, 5.41) is 6.33. The Hall–Kier alpha value is -2.15. The number of benzene rings is 1. The molecule has 0 saturated heterocycles. The predicted octanol–water partition coefficient (Wildman–Crippen LogP) is 3.26. The van der Waals surface area contributed by atoms with Crippen molar-refractivity contribution in [3.05, 3.63) is 30.0 Å². The van der Waals surface area contributed by atoms with Gasteiger partial charge in [-0.25, -0.2) is 0 Å². The van der Waals surface area contributed by atoms with Crippen LogP contribution in [0.1, 0.15) is 19.1 Å². The van der Waals surface area contributed by atoms with Crippen LogP contribution < -0.4 is 14.8 Å². The lowest BCUT2D eigenvalue weighted by molar-refractivity contribution is -0.115. The van der Waals surface area contributed by atoms with Gasteiger partial charge in [0.2, 0.25) is 5.91 Å². The molecule has 6 nitrogen and oxygen atoms in total. The van der Waals surface area contributed by atoms with Gasteiger partial charge in [0.1, 0.15) is 19.0 Å². The van der Waals surface area contributed by atoms with Crippen molar-refractivity contribution in [1.29, 1.82) is 0 Å². The fourth-order valence-corrected chi connectivity index (χ4v) is 3.20. The third-order valence-corrected chi connectivity index (χ3v) is 4.69. The monoisotopic (exact) mass is 334 g/mol. The molecule has 3 rings (SSSR count). The van der Waals surface area contributed by atoms with E-state index in [9.17, 15) is 4.79 Å². The van der Waals surface area contributed by atoms with Crippen LogP contribution in [-0.4, -0.2) is 29.5 Å².